The highest BCUT2D eigenvalue weighted by atomic mass is 16.1. The summed E-state index contributed by atoms with van der Waals surface area (Å²) < 4.78 is 10.5. The molecule has 1 aliphatic rings. The van der Waals surface area contributed by atoms with Gasteiger partial charge in [-0.15, -0.1) is 0 Å². The summed E-state index contributed by atoms with van der Waals surface area (Å²) in [6.07, 6.45) is 0. The standard InChI is InChI=1S/C46H30N2O.C43H28N2O.C37H22N2O/c1-46(2)39-18-10-8-15-31(39)34-25-36-38-24-28(23-37-30-14-6-7-17-33(30)45(49)48(44(37)38)43(36)26-40(34)46)27-20-21-42-35(22-27)32-16-9-11-19-41(32)47(42)29-12-4-3-5-13-29;46-43-39-15-8-7-14-36(39)37-16-9-17-38-40-28-35(26-27-41(40)45(43)42(37)38)44(33-22-18-31(19-23-33)29-10-3-1-4-11-29)34-24-20-32(21-25-34)30-12-5-2-6-13-30;40-37-31-22-26(24-12-5-2-6-13-24)21-30-29-20-25(23-10-3-1-4-11-23)18-19-33(29)38(35(30)31)34-17-9-15-28-27-14-7-8-16-32(27)39(37)36(28)34/h3-26H,1-2H3;1-28H;1-22H. The predicted molar refractivity (Wildman–Crippen MR) is 564 cm³/mol. The molecule has 0 aliphatic heterocycles. The van der Waals surface area contributed by atoms with Gasteiger partial charge in [-0.1, -0.05) is 317 Å². The van der Waals surface area contributed by atoms with Crippen LogP contribution in [0, 0.1) is 0 Å². The highest BCUT2D eigenvalue weighted by Crippen LogP contribution is 2.53. The molecule has 632 valence electrons. The van der Waals surface area contributed by atoms with Gasteiger partial charge in [-0.05, 0) is 234 Å². The third kappa shape index (κ3) is 11.7. The van der Waals surface area contributed by atoms with Gasteiger partial charge in [0, 0.05) is 104 Å². The first-order chi connectivity index (χ1) is 66.5. The maximum Gasteiger partial charge on any atom is 0.265 e. The molecule has 0 bridgehead atoms. The highest BCUT2D eigenvalue weighted by Gasteiger charge is 2.37. The predicted octanol–water partition coefficient (Wildman–Crippen LogP) is 31.2. The van der Waals surface area contributed by atoms with Crippen LogP contribution in [0.25, 0.3) is 225 Å². The minimum absolute atomic E-state index is 0.00581. The second-order valence-electron chi connectivity index (χ2n) is 36.4. The maximum absolute atomic E-state index is 14.7. The summed E-state index contributed by atoms with van der Waals surface area (Å²) in [4.78, 5) is 45.2. The van der Waals surface area contributed by atoms with Crippen molar-refractivity contribution in [1.29, 1.82) is 0 Å². The molecule has 0 saturated carbocycles. The molecule has 20 aromatic carbocycles. The van der Waals surface area contributed by atoms with E-state index in [4.69, 9.17) is 0 Å². The van der Waals surface area contributed by atoms with Crippen molar-refractivity contribution in [1.82, 2.24) is 22.2 Å². The van der Waals surface area contributed by atoms with Crippen LogP contribution in [0.5, 0.6) is 0 Å². The SMILES string of the molecule is CC1(C)c2ccccc2-c2cc3c4cc(-c5ccc6c(c5)c5ccccc5n6-c5ccccc5)cc5c6ccccc6c(=O)n(c3cc21)c54.O=c1c2cc(-c3ccccc3)cc3c4cc(-c5ccccc5)ccc4n(c4cccc5c6ccccc6n1c54)c23.O=c1c2ccccc2c2cccc3c4cc(N(c5ccc(-c6ccccc6)cc5)c5ccc(-c6ccccc6)cc5)ccc4n1c23. The van der Waals surface area contributed by atoms with E-state index in [-0.39, 0.29) is 22.1 Å². The zero-order valence-electron chi connectivity index (χ0n) is 73.6. The summed E-state index contributed by atoms with van der Waals surface area (Å²) in [5.41, 5.74) is 32.1. The summed E-state index contributed by atoms with van der Waals surface area (Å²) in [7, 11) is 0. The van der Waals surface area contributed by atoms with Crippen molar-refractivity contribution in [2.75, 3.05) is 4.90 Å². The number of anilines is 3. The fourth-order valence-corrected chi connectivity index (χ4v) is 22.6. The van der Waals surface area contributed by atoms with Gasteiger partial charge in [0.1, 0.15) is 0 Å². The molecular weight excluding hydrogens is 1650 g/mol. The quantitative estimate of drug-likeness (QED) is 0.135. The lowest BCUT2D eigenvalue weighted by molar-refractivity contribution is 0.661. The van der Waals surface area contributed by atoms with Crippen molar-refractivity contribution in [3.63, 3.8) is 0 Å². The van der Waals surface area contributed by atoms with Crippen molar-refractivity contribution in [3.05, 3.63) is 491 Å². The molecule has 8 aromatic heterocycles. The van der Waals surface area contributed by atoms with E-state index in [9.17, 15) is 14.4 Å². The molecule has 0 saturated heterocycles. The molecule has 9 heteroatoms. The Morgan fingerprint density at radius 1 is 0.185 bits per heavy atom. The lowest BCUT2D eigenvalue weighted by atomic mass is 9.82. The average Bonchev–Trinajstić information content (AvgIpc) is 1.54. The van der Waals surface area contributed by atoms with Crippen LogP contribution in [-0.2, 0) is 5.41 Å². The Labute approximate surface area is 773 Å². The van der Waals surface area contributed by atoms with E-state index in [1.165, 1.54) is 71.9 Å². The van der Waals surface area contributed by atoms with Gasteiger partial charge in [0.25, 0.3) is 16.7 Å². The van der Waals surface area contributed by atoms with Crippen molar-refractivity contribution in [2.45, 2.75) is 19.3 Å². The largest absolute Gasteiger partial charge is 0.310 e. The molecule has 0 N–H and O–H groups in total. The maximum atomic E-state index is 14.7. The molecule has 29 rings (SSSR count). The normalized spacial score (nSPS) is 12.5. The Hall–Kier alpha value is -17.8. The van der Waals surface area contributed by atoms with Gasteiger partial charge in [0.15, 0.2) is 0 Å². The van der Waals surface area contributed by atoms with Crippen LogP contribution in [0.3, 0.4) is 0 Å². The third-order valence-corrected chi connectivity index (χ3v) is 28.8. The second kappa shape index (κ2) is 29.9. The molecule has 0 fully saturated rings. The fourth-order valence-electron chi connectivity index (χ4n) is 22.6. The van der Waals surface area contributed by atoms with E-state index in [2.05, 4.69) is 404 Å². The van der Waals surface area contributed by atoms with Crippen LogP contribution >= 0.6 is 0 Å². The van der Waals surface area contributed by atoms with E-state index in [1.54, 1.807) is 0 Å². The number of hydrogen-bond donors (Lipinski definition) is 0. The van der Waals surface area contributed by atoms with Gasteiger partial charge in [-0.2, -0.15) is 0 Å². The minimum Gasteiger partial charge on any atom is -0.310 e. The van der Waals surface area contributed by atoms with Crippen LogP contribution in [0.1, 0.15) is 25.0 Å². The Morgan fingerprint density at radius 3 is 1.13 bits per heavy atom. The third-order valence-electron chi connectivity index (χ3n) is 28.8. The lowest BCUT2D eigenvalue weighted by Crippen LogP contribution is -2.16. The van der Waals surface area contributed by atoms with Gasteiger partial charge in [0.05, 0.1) is 66.1 Å². The number of aromatic nitrogens is 5. The molecule has 135 heavy (non-hydrogen) atoms. The van der Waals surface area contributed by atoms with E-state index in [0.29, 0.717) is 5.39 Å². The second-order valence-corrected chi connectivity index (χ2v) is 36.4. The Bertz CT molecular complexity index is 9870. The summed E-state index contributed by atoms with van der Waals surface area (Å²) in [5.74, 6) is 0. The molecule has 28 aromatic rings. The smallest absolute Gasteiger partial charge is 0.265 e. The zero-order chi connectivity index (χ0) is 89.6. The van der Waals surface area contributed by atoms with Crippen LogP contribution < -0.4 is 21.6 Å². The molecule has 1 aliphatic carbocycles. The fraction of sp³-hybridized carbons (Fsp3) is 0.0238. The first-order valence-electron chi connectivity index (χ1n) is 46.1. The summed E-state index contributed by atoms with van der Waals surface area (Å²) in [5, 5.41) is 17.6. The van der Waals surface area contributed by atoms with Crippen LogP contribution in [-0.4, -0.2) is 22.2 Å². The first-order valence-corrected chi connectivity index (χ1v) is 46.1. The Balaban J connectivity index is 0.000000103. The van der Waals surface area contributed by atoms with Crippen molar-refractivity contribution < 1.29 is 0 Å². The van der Waals surface area contributed by atoms with Crippen LogP contribution in [0.2, 0.25) is 0 Å². The Kier molecular flexibility index (Phi) is 17.1. The lowest BCUT2D eigenvalue weighted by Gasteiger charge is -2.26. The van der Waals surface area contributed by atoms with E-state index in [1.807, 2.05) is 86.0 Å². The first kappa shape index (κ1) is 77.2. The molecule has 0 spiro atoms. The molecule has 0 amide bonds. The number of benzene rings is 20. The molecule has 0 atom stereocenters. The van der Waals surface area contributed by atoms with Crippen molar-refractivity contribution in [3.8, 4) is 72.4 Å². The van der Waals surface area contributed by atoms with Gasteiger partial charge in [0.2, 0.25) is 0 Å². The average molecular weight is 1730 g/mol. The van der Waals surface area contributed by atoms with Gasteiger partial charge in [-0.3, -0.25) is 27.6 Å². The molecule has 0 unspecified atom stereocenters. The van der Waals surface area contributed by atoms with E-state index < -0.39 is 0 Å². The van der Waals surface area contributed by atoms with Gasteiger partial charge >= 0.3 is 0 Å². The molecule has 0 radical (unpaired) electrons. The number of nitrogens with zero attached hydrogens (tertiary/aromatic N) is 6. The number of pyridine rings is 2. The number of rotatable bonds is 9. The van der Waals surface area contributed by atoms with Gasteiger partial charge < -0.3 is 13.9 Å². The minimum atomic E-state index is -0.158. The highest BCUT2D eigenvalue weighted by molar-refractivity contribution is 6.25. The van der Waals surface area contributed by atoms with Crippen molar-refractivity contribution in [2.24, 2.45) is 0 Å². The van der Waals surface area contributed by atoms with E-state index >= 15 is 0 Å². The number of para-hydroxylation sites is 5. The Morgan fingerprint density at radius 2 is 0.519 bits per heavy atom. The summed E-state index contributed by atoms with van der Waals surface area (Å²) in [6, 6.07) is 158. The monoisotopic (exact) mass is 1720 g/mol. The number of fused-ring (bicyclic) bond motifs is 23. The molecule has 9 nitrogen and oxygen atoms in total. The van der Waals surface area contributed by atoms with Crippen LogP contribution in [0.4, 0.5) is 17.1 Å². The van der Waals surface area contributed by atoms with Crippen molar-refractivity contribution >= 4 is 169 Å². The molecular formula is C126H80N6O3. The van der Waals surface area contributed by atoms with Crippen LogP contribution in [0.15, 0.2) is 463 Å². The molecule has 8 heterocycles. The zero-order valence-corrected chi connectivity index (χ0v) is 73.6. The summed E-state index contributed by atoms with van der Waals surface area (Å²) >= 11 is 0. The topological polar surface area (TPSA) is 77.0 Å². The van der Waals surface area contributed by atoms with E-state index in [0.717, 1.165) is 176 Å². The summed E-state index contributed by atoms with van der Waals surface area (Å²) in [6.45, 7) is 4.60. The number of hydrogen-bond acceptors (Lipinski definition) is 4. The van der Waals surface area contributed by atoms with Gasteiger partial charge in [-0.25, -0.2) is 0 Å².